The van der Waals surface area contributed by atoms with Gasteiger partial charge in [-0.05, 0) is 79.4 Å². The van der Waals surface area contributed by atoms with Gasteiger partial charge in [0.15, 0.2) is 0 Å². The minimum Gasteiger partial charge on any atom is -0.299 e. The topological polar surface area (TPSA) is 34.1 Å². The summed E-state index contributed by atoms with van der Waals surface area (Å²) in [5, 5.41) is 0. The Kier molecular flexibility index (Phi) is 5.62. The summed E-state index contributed by atoms with van der Waals surface area (Å²) >= 11 is 0. The van der Waals surface area contributed by atoms with Gasteiger partial charge in [-0.25, -0.2) is 0 Å². The molecule has 0 bridgehead atoms. The normalized spacial score (nSPS) is 42.7. The molecule has 4 rings (SSSR count). The Labute approximate surface area is 178 Å². The Morgan fingerprint density at radius 3 is 2.62 bits per heavy atom. The van der Waals surface area contributed by atoms with E-state index >= 15 is 0 Å². The predicted octanol–water partition coefficient (Wildman–Crippen LogP) is 6.78. The quantitative estimate of drug-likeness (QED) is 0.479. The fourth-order valence-corrected chi connectivity index (χ4v) is 8.22. The van der Waals surface area contributed by atoms with Crippen molar-refractivity contribution in [1.29, 1.82) is 0 Å². The molecule has 0 spiro atoms. The van der Waals surface area contributed by atoms with E-state index in [9.17, 15) is 9.59 Å². The van der Waals surface area contributed by atoms with Crippen molar-refractivity contribution in [1.82, 2.24) is 0 Å². The number of carbonyl (C=O) groups is 2. The molecule has 0 amide bonds. The number of carbonyl (C=O) groups excluding carboxylic acids is 2. The van der Waals surface area contributed by atoms with E-state index in [0.29, 0.717) is 41.2 Å². The number of Topliss-reactive ketones (excluding diaryl/α,β-unsaturated/α-hetero) is 2. The number of allylic oxidation sites excluding steroid dienone is 2. The van der Waals surface area contributed by atoms with Gasteiger partial charge in [0.2, 0.25) is 0 Å². The van der Waals surface area contributed by atoms with Gasteiger partial charge >= 0.3 is 0 Å². The smallest absolute Gasteiger partial charge is 0.137 e. The van der Waals surface area contributed by atoms with Crippen LogP contribution < -0.4 is 0 Å². The molecular formula is C27H42O2. The molecule has 4 aliphatic rings. The van der Waals surface area contributed by atoms with Gasteiger partial charge < -0.3 is 0 Å². The highest BCUT2D eigenvalue weighted by Gasteiger charge is 2.62. The lowest BCUT2D eigenvalue weighted by Crippen LogP contribution is -2.50. The minimum atomic E-state index is -0.104. The summed E-state index contributed by atoms with van der Waals surface area (Å²) in [6.07, 6.45) is 13.8. The molecule has 0 aromatic carbocycles. The molecule has 2 nitrogen and oxygen atoms in total. The zero-order valence-corrected chi connectivity index (χ0v) is 19.4. The first-order valence-corrected chi connectivity index (χ1v) is 12.4. The van der Waals surface area contributed by atoms with E-state index in [-0.39, 0.29) is 17.3 Å². The zero-order valence-electron chi connectivity index (χ0n) is 19.4. The molecule has 7 atom stereocenters. The largest absolute Gasteiger partial charge is 0.299 e. The van der Waals surface area contributed by atoms with Gasteiger partial charge in [-0.3, -0.25) is 9.59 Å². The molecule has 0 aromatic heterocycles. The number of hydrogen-bond acceptors (Lipinski definition) is 2. The molecule has 0 N–H and O–H groups in total. The van der Waals surface area contributed by atoms with E-state index in [1.54, 1.807) is 5.57 Å². The monoisotopic (exact) mass is 398 g/mol. The standard InChI is InChI=1S/C27H42O2/c1-17(2)9-12-23(28)18(3)25-24(29)16-22-20-11-10-19-8-6-7-14-26(19,4)21(20)13-15-27(22,25)5/h10,17-18,20-22,25H,6-9,11-16H2,1-5H3/t18-,20-,21+,22+,25+,26+,27+/m1/s1. The average molecular weight is 399 g/mol. The SMILES string of the molecule is CC(C)CCC(=O)[C@@H](C)[C@H]1C(=O)C[C@H]2[C@@H]3CC=C4CCCC[C@]4(C)[C@H]3CC[C@]12C. The van der Waals surface area contributed by atoms with Crippen molar-refractivity contribution in [3.63, 3.8) is 0 Å². The summed E-state index contributed by atoms with van der Waals surface area (Å²) in [5.41, 5.74) is 2.14. The third kappa shape index (κ3) is 3.37. The van der Waals surface area contributed by atoms with Gasteiger partial charge in [0, 0.05) is 24.7 Å². The van der Waals surface area contributed by atoms with Crippen molar-refractivity contribution in [3.8, 4) is 0 Å². The lowest BCUT2D eigenvalue weighted by molar-refractivity contribution is -0.134. The van der Waals surface area contributed by atoms with E-state index in [2.05, 4.69) is 40.7 Å². The van der Waals surface area contributed by atoms with Crippen LogP contribution in [0.5, 0.6) is 0 Å². The first-order chi connectivity index (χ1) is 13.7. The average Bonchev–Trinajstić information content (AvgIpc) is 2.95. The molecule has 4 aliphatic carbocycles. The molecule has 0 unspecified atom stereocenters. The molecule has 29 heavy (non-hydrogen) atoms. The molecular weight excluding hydrogens is 356 g/mol. The van der Waals surface area contributed by atoms with Crippen molar-refractivity contribution >= 4 is 11.6 Å². The first-order valence-electron chi connectivity index (χ1n) is 12.4. The third-order valence-electron chi connectivity index (χ3n) is 9.91. The summed E-state index contributed by atoms with van der Waals surface area (Å²) in [5.74, 6) is 3.00. The number of hydrogen-bond donors (Lipinski definition) is 0. The van der Waals surface area contributed by atoms with Gasteiger partial charge in [-0.2, -0.15) is 0 Å². The Bertz CT molecular complexity index is 703. The summed E-state index contributed by atoms with van der Waals surface area (Å²) < 4.78 is 0. The van der Waals surface area contributed by atoms with Crippen molar-refractivity contribution in [2.45, 2.75) is 98.8 Å². The summed E-state index contributed by atoms with van der Waals surface area (Å²) in [6.45, 7) is 11.3. The highest BCUT2D eigenvalue weighted by atomic mass is 16.1. The maximum absolute atomic E-state index is 13.3. The maximum Gasteiger partial charge on any atom is 0.137 e. The van der Waals surface area contributed by atoms with Crippen LogP contribution in [0.15, 0.2) is 11.6 Å². The van der Waals surface area contributed by atoms with Gasteiger partial charge in [-0.15, -0.1) is 0 Å². The second-order valence-corrected chi connectivity index (χ2v) is 11.8. The van der Waals surface area contributed by atoms with Crippen LogP contribution in [0.25, 0.3) is 0 Å². The van der Waals surface area contributed by atoms with E-state index in [0.717, 1.165) is 25.2 Å². The van der Waals surface area contributed by atoms with Crippen LogP contribution in [-0.2, 0) is 9.59 Å². The van der Waals surface area contributed by atoms with Crippen LogP contribution in [0, 0.1) is 46.3 Å². The van der Waals surface area contributed by atoms with Crippen LogP contribution in [0.4, 0.5) is 0 Å². The van der Waals surface area contributed by atoms with Crippen LogP contribution in [0.3, 0.4) is 0 Å². The van der Waals surface area contributed by atoms with E-state index in [4.69, 9.17) is 0 Å². The summed E-state index contributed by atoms with van der Waals surface area (Å²) in [7, 11) is 0. The molecule has 0 radical (unpaired) electrons. The Hall–Kier alpha value is -0.920. The molecule has 0 aromatic rings. The highest BCUT2D eigenvalue weighted by Crippen LogP contribution is 2.66. The number of fused-ring (bicyclic) bond motifs is 5. The van der Waals surface area contributed by atoms with Crippen molar-refractivity contribution in [2.24, 2.45) is 46.3 Å². The lowest BCUT2D eigenvalue weighted by atomic mass is 9.47. The molecule has 0 saturated heterocycles. The Balaban J connectivity index is 1.57. The Morgan fingerprint density at radius 2 is 1.90 bits per heavy atom. The van der Waals surface area contributed by atoms with Gasteiger partial charge in [0.25, 0.3) is 0 Å². The molecule has 3 saturated carbocycles. The molecule has 0 heterocycles. The fourth-order valence-electron chi connectivity index (χ4n) is 8.22. The Morgan fingerprint density at radius 1 is 1.14 bits per heavy atom. The number of ketones is 2. The van der Waals surface area contributed by atoms with Gasteiger partial charge in [-0.1, -0.05) is 52.7 Å². The molecule has 0 aliphatic heterocycles. The zero-order chi connectivity index (χ0) is 21.0. The first kappa shape index (κ1) is 21.3. The van der Waals surface area contributed by atoms with Crippen molar-refractivity contribution in [2.75, 3.05) is 0 Å². The van der Waals surface area contributed by atoms with Crippen molar-refractivity contribution in [3.05, 3.63) is 11.6 Å². The second kappa shape index (κ2) is 7.65. The molecule has 3 fully saturated rings. The summed E-state index contributed by atoms with van der Waals surface area (Å²) in [4.78, 5) is 26.3. The van der Waals surface area contributed by atoms with E-state index in [1.807, 2.05) is 0 Å². The predicted molar refractivity (Wildman–Crippen MR) is 118 cm³/mol. The van der Waals surface area contributed by atoms with Gasteiger partial charge in [0.1, 0.15) is 11.6 Å². The van der Waals surface area contributed by atoms with Crippen LogP contribution >= 0.6 is 0 Å². The maximum atomic E-state index is 13.3. The summed E-state index contributed by atoms with van der Waals surface area (Å²) in [6, 6.07) is 0. The van der Waals surface area contributed by atoms with Crippen molar-refractivity contribution < 1.29 is 9.59 Å². The number of rotatable bonds is 5. The highest BCUT2D eigenvalue weighted by molar-refractivity contribution is 5.92. The second-order valence-electron chi connectivity index (χ2n) is 11.8. The van der Waals surface area contributed by atoms with E-state index in [1.165, 1.54) is 38.5 Å². The van der Waals surface area contributed by atoms with Gasteiger partial charge in [0.05, 0.1) is 0 Å². The van der Waals surface area contributed by atoms with Crippen LogP contribution in [-0.4, -0.2) is 11.6 Å². The van der Waals surface area contributed by atoms with Crippen LogP contribution in [0.2, 0.25) is 0 Å². The molecule has 2 heteroatoms. The molecule has 162 valence electrons. The lowest BCUT2D eigenvalue weighted by Gasteiger charge is -2.57. The third-order valence-corrected chi connectivity index (χ3v) is 9.91. The fraction of sp³-hybridized carbons (Fsp3) is 0.852. The van der Waals surface area contributed by atoms with Crippen LogP contribution in [0.1, 0.15) is 98.8 Å². The minimum absolute atomic E-state index is 0.0293. The van der Waals surface area contributed by atoms with E-state index < -0.39 is 0 Å².